The van der Waals surface area contributed by atoms with Crippen LogP contribution in [0.1, 0.15) is 44.6 Å². The number of carbonyl (C=O) groups is 1. The number of rotatable bonds is 4. The monoisotopic (exact) mass is 288 g/mol. The zero-order valence-electron chi connectivity index (χ0n) is 12.7. The minimum atomic E-state index is -0.0781. The Morgan fingerprint density at radius 3 is 3.14 bits per heavy atom. The van der Waals surface area contributed by atoms with Gasteiger partial charge in [-0.25, -0.2) is 0 Å². The van der Waals surface area contributed by atoms with E-state index in [0.717, 1.165) is 23.9 Å². The highest BCUT2D eigenvalue weighted by molar-refractivity contribution is 5.95. The number of ether oxygens (including phenoxy) is 1. The molecule has 2 N–H and O–H groups in total. The SMILES string of the molecule is CCC1CCCC(NCc2ccc3c(c2)NC(=O)CO3)C1. The van der Waals surface area contributed by atoms with E-state index >= 15 is 0 Å². The average molecular weight is 288 g/mol. The molecule has 1 heterocycles. The van der Waals surface area contributed by atoms with E-state index in [1.165, 1.54) is 37.7 Å². The van der Waals surface area contributed by atoms with Crippen LogP contribution in [-0.4, -0.2) is 18.6 Å². The Bertz CT molecular complexity index is 516. The Labute approximate surface area is 126 Å². The van der Waals surface area contributed by atoms with E-state index in [2.05, 4.69) is 23.6 Å². The van der Waals surface area contributed by atoms with Crippen LogP contribution in [0.5, 0.6) is 5.75 Å². The van der Waals surface area contributed by atoms with Crippen molar-refractivity contribution in [2.75, 3.05) is 11.9 Å². The molecule has 114 valence electrons. The summed E-state index contributed by atoms with van der Waals surface area (Å²) in [6.07, 6.45) is 6.59. The fourth-order valence-corrected chi connectivity index (χ4v) is 3.35. The summed E-state index contributed by atoms with van der Waals surface area (Å²) in [5, 5.41) is 6.53. The number of hydrogen-bond donors (Lipinski definition) is 2. The van der Waals surface area contributed by atoms with Crippen LogP contribution in [0.2, 0.25) is 0 Å². The Morgan fingerprint density at radius 1 is 1.38 bits per heavy atom. The molecule has 0 bridgehead atoms. The van der Waals surface area contributed by atoms with Crippen LogP contribution in [0.25, 0.3) is 0 Å². The normalized spacial score (nSPS) is 24.9. The highest BCUT2D eigenvalue weighted by atomic mass is 16.5. The lowest BCUT2D eigenvalue weighted by molar-refractivity contribution is -0.118. The Hall–Kier alpha value is -1.55. The third kappa shape index (κ3) is 3.56. The Morgan fingerprint density at radius 2 is 2.29 bits per heavy atom. The van der Waals surface area contributed by atoms with Gasteiger partial charge in [0.05, 0.1) is 5.69 Å². The minimum Gasteiger partial charge on any atom is -0.482 e. The summed E-state index contributed by atoms with van der Waals surface area (Å²) < 4.78 is 5.38. The van der Waals surface area contributed by atoms with Crippen molar-refractivity contribution in [2.45, 2.75) is 51.6 Å². The van der Waals surface area contributed by atoms with E-state index in [0.29, 0.717) is 6.04 Å². The van der Waals surface area contributed by atoms with Crippen LogP contribution in [0.3, 0.4) is 0 Å². The van der Waals surface area contributed by atoms with Crippen LogP contribution in [0.4, 0.5) is 5.69 Å². The summed E-state index contributed by atoms with van der Waals surface area (Å²) in [6, 6.07) is 6.66. The van der Waals surface area contributed by atoms with E-state index in [4.69, 9.17) is 4.74 Å². The lowest BCUT2D eigenvalue weighted by Crippen LogP contribution is -2.33. The predicted molar refractivity (Wildman–Crippen MR) is 83.4 cm³/mol. The average Bonchev–Trinajstić information content (AvgIpc) is 2.52. The lowest BCUT2D eigenvalue weighted by Gasteiger charge is -2.29. The number of hydrogen-bond acceptors (Lipinski definition) is 3. The molecule has 21 heavy (non-hydrogen) atoms. The molecule has 0 radical (unpaired) electrons. The summed E-state index contributed by atoms with van der Waals surface area (Å²) in [5.74, 6) is 1.57. The highest BCUT2D eigenvalue weighted by Crippen LogP contribution is 2.29. The molecule has 3 rings (SSSR count). The summed E-state index contributed by atoms with van der Waals surface area (Å²) in [7, 11) is 0. The number of benzene rings is 1. The van der Waals surface area contributed by atoms with Crippen molar-refractivity contribution >= 4 is 11.6 Å². The maximum Gasteiger partial charge on any atom is 0.262 e. The second kappa shape index (κ2) is 6.48. The van der Waals surface area contributed by atoms with Gasteiger partial charge in [0.15, 0.2) is 6.61 Å². The molecule has 1 fully saturated rings. The van der Waals surface area contributed by atoms with Crippen LogP contribution in [-0.2, 0) is 11.3 Å². The van der Waals surface area contributed by atoms with Crippen molar-refractivity contribution in [3.8, 4) is 5.75 Å². The molecule has 0 spiro atoms. The topological polar surface area (TPSA) is 50.4 Å². The van der Waals surface area contributed by atoms with Gasteiger partial charge < -0.3 is 15.4 Å². The molecule has 1 aliphatic carbocycles. The molecule has 4 heteroatoms. The molecule has 1 saturated carbocycles. The van der Waals surface area contributed by atoms with Crippen LogP contribution >= 0.6 is 0 Å². The van der Waals surface area contributed by atoms with Crippen molar-refractivity contribution in [1.29, 1.82) is 0 Å². The predicted octanol–water partition coefficient (Wildman–Crippen LogP) is 3.08. The standard InChI is InChI=1S/C17H24N2O2/c1-2-12-4-3-5-14(8-12)18-10-13-6-7-16-15(9-13)19-17(20)11-21-16/h6-7,9,12,14,18H,2-5,8,10-11H2,1H3,(H,19,20). The van der Waals surface area contributed by atoms with Crippen LogP contribution in [0.15, 0.2) is 18.2 Å². The highest BCUT2D eigenvalue weighted by Gasteiger charge is 2.20. The van der Waals surface area contributed by atoms with E-state index in [-0.39, 0.29) is 12.5 Å². The third-order valence-corrected chi connectivity index (χ3v) is 4.63. The molecule has 1 aromatic carbocycles. The second-order valence-corrected chi connectivity index (χ2v) is 6.19. The molecule has 2 atom stereocenters. The quantitative estimate of drug-likeness (QED) is 0.895. The molecular weight excluding hydrogens is 264 g/mol. The number of fused-ring (bicyclic) bond motifs is 1. The Kier molecular flexibility index (Phi) is 4.44. The van der Waals surface area contributed by atoms with E-state index < -0.39 is 0 Å². The first-order chi connectivity index (χ1) is 10.2. The molecule has 1 amide bonds. The van der Waals surface area contributed by atoms with E-state index in [1.54, 1.807) is 0 Å². The van der Waals surface area contributed by atoms with Gasteiger partial charge in [0.25, 0.3) is 5.91 Å². The molecular formula is C17H24N2O2. The molecule has 2 aliphatic rings. The molecule has 1 aromatic rings. The molecule has 1 aliphatic heterocycles. The van der Waals surface area contributed by atoms with Crippen molar-refractivity contribution in [3.05, 3.63) is 23.8 Å². The van der Waals surface area contributed by atoms with Gasteiger partial charge in [-0.3, -0.25) is 4.79 Å². The van der Waals surface area contributed by atoms with Crippen molar-refractivity contribution in [1.82, 2.24) is 5.32 Å². The number of anilines is 1. The number of nitrogens with one attached hydrogen (secondary N) is 2. The lowest BCUT2D eigenvalue weighted by atomic mass is 9.84. The summed E-state index contributed by atoms with van der Waals surface area (Å²) in [4.78, 5) is 11.4. The Balaban J connectivity index is 1.58. The number of amides is 1. The van der Waals surface area contributed by atoms with Crippen LogP contribution in [0, 0.1) is 5.92 Å². The first-order valence-electron chi connectivity index (χ1n) is 8.03. The second-order valence-electron chi connectivity index (χ2n) is 6.19. The van der Waals surface area contributed by atoms with Crippen molar-refractivity contribution in [2.24, 2.45) is 5.92 Å². The van der Waals surface area contributed by atoms with Gasteiger partial charge in [0, 0.05) is 12.6 Å². The van der Waals surface area contributed by atoms with Gasteiger partial charge in [0.2, 0.25) is 0 Å². The summed E-state index contributed by atoms with van der Waals surface area (Å²) in [5.41, 5.74) is 1.99. The molecule has 2 unspecified atom stereocenters. The minimum absolute atomic E-state index is 0.0781. The maximum absolute atomic E-state index is 11.4. The largest absolute Gasteiger partial charge is 0.482 e. The smallest absolute Gasteiger partial charge is 0.262 e. The fraction of sp³-hybridized carbons (Fsp3) is 0.588. The van der Waals surface area contributed by atoms with Gasteiger partial charge in [0.1, 0.15) is 5.75 Å². The van der Waals surface area contributed by atoms with Gasteiger partial charge in [-0.15, -0.1) is 0 Å². The first kappa shape index (κ1) is 14.4. The zero-order chi connectivity index (χ0) is 14.7. The number of carbonyl (C=O) groups excluding carboxylic acids is 1. The van der Waals surface area contributed by atoms with Gasteiger partial charge in [-0.1, -0.05) is 32.3 Å². The van der Waals surface area contributed by atoms with Crippen molar-refractivity contribution < 1.29 is 9.53 Å². The molecule has 0 saturated heterocycles. The molecule has 0 aromatic heterocycles. The zero-order valence-corrected chi connectivity index (χ0v) is 12.7. The van der Waals surface area contributed by atoms with Gasteiger partial charge >= 0.3 is 0 Å². The third-order valence-electron chi connectivity index (χ3n) is 4.63. The molecule has 4 nitrogen and oxygen atoms in total. The maximum atomic E-state index is 11.4. The van der Waals surface area contributed by atoms with E-state index in [9.17, 15) is 4.79 Å². The summed E-state index contributed by atoms with van der Waals surface area (Å²) >= 11 is 0. The van der Waals surface area contributed by atoms with Gasteiger partial charge in [-0.2, -0.15) is 0 Å². The van der Waals surface area contributed by atoms with E-state index in [1.807, 2.05) is 12.1 Å². The summed E-state index contributed by atoms with van der Waals surface area (Å²) in [6.45, 7) is 3.26. The first-order valence-corrected chi connectivity index (χ1v) is 8.03. The fourth-order valence-electron chi connectivity index (χ4n) is 3.35. The van der Waals surface area contributed by atoms with Crippen LogP contribution < -0.4 is 15.4 Å². The van der Waals surface area contributed by atoms with Crippen molar-refractivity contribution in [3.63, 3.8) is 0 Å². The van der Waals surface area contributed by atoms with Gasteiger partial charge in [-0.05, 0) is 36.5 Å².